The number of nitrogens with zero attached hydrogens (tertiary/aromatic N) is 1. The summed E-state index contributed by atoms with van der Waals surface area (Å²) in [4.78, 5) is 4.25. The minimum Gasteiger partial charge on any atom is -0.316 e. The standard InChI is InChI=1S/C12H20N2/c1-12(2,3)6-10-5-11(7-13-4)9-14-8-10/h5,8-9,13H,6-7H2,1-4H3. The Balaban J connectivity index is 2.73. The molecule has 0 unspecified atom stereocenters. The van der Waals surface area contributed by atoms with E-state index in [9.17, 15) is 0 Å². The lowest BCUT2D eigenvalue weighted by molar-refractivity contribution is 0.410. The van der Waals surface area contributed by atoms with E-state index < -0.39 is 0 Å². The van der Waals surface area contributed by atoms with Crippen LogP contribution in [0, 0.1) is 5.41 Å². The van der Waals surface area contributed by atoms with Crippen molar-refractivity contribution in [3.05, 3.63) is 29.6 Å². The van der Waals surface area contributed by atoms with E-state index in [0.717, 1.165) is 13.0 Å². The van der Waals surface area contributed by atoms with Gasteiger partial charge in [0.2, 0.25) is 0 Å². The van der Waals surface area contributed by atoms with Crippen molar-refractivity contribution < 1.29 is 0 Å². The summed E-state index contributed by atoms with van der Waals surface area (Å²) in [5.74, 6) is 0. The van der Waals surface area contributed by atoms with Gasteiger partial charge in [0.05, 0.1) is 0 Å². The van der Waals surface area contributed by atoms with Gasteiger partial charge in [0.25, 0.3) is 0 Å². The fourth-order valence-electron chi connectivity index (χ4n) is 1.55. The van der Waals surface area contributed by atoms with E-state index in [1.165, 1.54) is 11.1 Å². The summed E-state index contributed by atoms with van der Waals surface area (Å²) in [6.07, 6.45) is 4.96. The molecule has 0 amide bonds. The molecule has 2 nitrogen and oxygen atoms in total. The molecule has 78 valence electrons. The van der Waals surface area contributed by atoms with Gasteiger partial charge in [-0.25, -0.2) is 0 Å². The normalized spacial score (nSPS) is 11.7. The minimum absolute atomic E-state index is 0.333. The van der Waals surface area contributed by atoms with Gasteiger partial charge >= 0.3 is 0 Å². The zero-order valence-corrected chi connectivity index (χ0v) is 9.59. The lowest BCUT2D eigenvalue weighted by Gasteiger charge is -2.18. The first-order chi connectivity index (χ1) is 6.51. The first-order valence-electron chi connectivity index (χ1n) is 5.09. The van der Waals surface area contributed by atoms with Gasteiger partial charge in [-0.2, -0.15) is 0 Å². The Hall–Kier alpha value is -0.890. The summed E-state index contributed by atoms with van der Waals surface area (Å²) in [6.45, 7) is 7.64. The Kier molecular flexibility index (Phi) is 3.64. The summed E-state index contributed by atoms with van der Waals surface area (Å²) in [5.41, 5.74) is 2.92. The Morgan fingerprint density at radius 1 is 1.21 bits per heavy atom. The summed E-state index contributed by atoms with van der Waals surface area (Å²) < 4.78 is 0. The molecule has 0 spiro atoms. The topological polar surface area (TPSA) is 24.9 Å². The maximum absolute atomic E-state index is 4.25. The number of aromatic nitrogens is 1. The number of nitrogens with one attached hydrogen (secondary N) is 1. The van der Waals surface area contributed by atoms with Crippen molar-refractivity contribution in [2.45, 2.75) is 33.7 Å². The van der Waals surface area contributed by atoms with Gasteiger partial charge in [-0.05, 0) is 30.0 Å². The molecule has 0 aliphatic rings. The van der Waals surface area contributed by atoms with E-state index in [1.807, 2.05) is 19.4 Å². The Bertz CT molecular complexity index is 287. The van der Waals surface area contributed by atoms with Gasteiger partial charge in [0.15, 0.2) is 0 Å². The number of rotatable bonds is 3. The van der Waals surface area contributed by atoms with Crippen molar-refractivity contribution in [2.75, 3.05) is 7.05 Å². The van der Waals surface area contributed by atoms with Crippen molar-refractivity contribution in [3.63, 3.8) is 0 Å². The lowest BCUT2D eigenvalue weighted by Crippen LogP contribution is -2.11. The van der Waals surface area contributed by atoms with E-state index in [1.54, 1.807) is 0 Å². The minimum atomic E-state index is 0.333. The molecule has 0 saturated heterocycles. The van der Waals surface area contributed by atoms with Crippen molar-refractivity contribution in [1.82, 2.24) is 10.3 Å². The van der Waals surface area contributed by atoms with Gasteiger partial charge in [0.1, 0.15) is 0 Å². The highest BCUT2D eigenvalue weighted by molar-refractivity contribution is 5.19. The molecule has 2 heteroatoms. The average Bonchev–Trinajstić information content (AvgIpc) is 2.02. The summed E-state index contributed by atoms with van der Waals surface area (Å²) >= 11 is 0. The quantitative estimate of drug-likeness (QED) is 0.795. The fraction of sp³-hybridized carbons (Fsp3) is 0.583. The molecule has 0 atom stereocenters. The van der Waals surface area contributed by atoms with Crippen molar-refractivity contribution in [3.8, 4) is 0 Å². The van der Waals surface area contributed by atoms with Crippen LogP contribution in [0.4, 0.5) is 0 Å². The van der Waals surface area contributed by atoms with Crippen LogP contribution in [0.2, 0.25) is 0 Å². The molecule has 0 bridgehead atoms. The summed E-state index contributed by atoms with van der Waals surface area (Å²) in [7, 11) is 1.95. The Morgan fingerprint density at radius 3 is 2.43 bits per heavy atom. The van der Waals surface area contributed by atoms with Crippen LogP contribution in [0.25, 0.3) is 0 Å². The maximum atomic E-state index is 4.25. The average molecular weight is 192 g/mol. The van der Waals surface area contributed by atoms with Crippen LogP contribution in [0.5, 0.6) is 0 Å². The predicted molar refractivity (Wildman–Crippen MR) is 60.2 cm³/mol. The molecule has 1 rings (SSSR count). The Morgan fingerprint density at radius 2 is 1.86 bits per heavy atom. The first kappa shape index (κ1) is 11.2. The molecule has 1 aromatic rings. The van der Waals surface area contributed by atoms with Gasteiger partial charge in [-0.3, -0.25) is 4.98 Å². The number of hydrogen-bond donors (Lipinski definition) is 1. The van der Waals surface area contributed by atoms with Crippen LogP contribution in [-0.2, 0) is 13.0 Å². The van der Waals surface area contributed by atoms with Crippen LogP contribution >= 0.6 is 0 Å². The molecule has 0 aromatic carbocycles. The third-order valence-corrected chi connectivity index (χ3v) is 1.97. The van der Waals surface area contributed by atoms with E-state index in [-0.39, 0.29) is 0 Å². The molecule has 14 heavy (non-hydrogen) atoms. The second-order valence-corrected chi connectivity index (χ2v) is 4.97. The van der Waals surface area contributed by atoms with Crippen LogP contribution in [0.1, 0.15) is 31.9 Å². The van der Waals surface area contributed by atoms with Crippen molar-refractivity contribution >= 4 is 0 Å². The molecule has 0 saturated carbocycles. The Labute approximate surface area is 86.8 Å². The molecule has 0 radical (unpaired) electrons. The molecule has 1 aromatic heterocycles. The highest BCUT2D eigenvalue weighted by atomic mass is 14.8. The fourth-order valence-corrected chi connectivity index (χ4v) is 1.55. The van der Waals surface area contributed by atoms with E-state index in [0.29, 0.717) is 5.41 Å². The molecular weight excluding hydrogens is 172 g/mol. The van der Waals surface area contributed by atoms with Gasteiger partial charge in [-0.1, -0.05) is 26.8 Å². The largest absolute Gasteiger partial charge is 0.316 e. The van der Waals surface area contributed by atoms with E-state index >= 15 is 0 Å². The highest BCUT2D eigenvalue weighted by Crippen LogP contribution is 2.20. The van der Waals surface area contributed by atoms with Crippen LogP contribution in [-0.4, -0.2) is 12.0 Å². The first-order valence-corrected chi connectivity index (χ1v) is 5.09. The molecule has 0 aliphatic carbocycles. The zero-order chi connectivity index (χ0) is 10.6. The molecule has 1 heterocycles. The third-order valence-electron chi connectivity index (χ3n) is 1.97. The summed E-state index contributed by atoms with van der Waals surface area (Å²) in [5, 5.41) is 3.13. The van der Waals surface area contributed by atoms with Crippen LogP contribution < -0.4 is 5.32 Å². The van der Waals surface area contributed by atoms with Crippen molar-refractivity contribution in [2.24, 2.45) is 5.41 Å². The van der Waals surface area contributed by atoms with Gasteiger partial charge < -0.3 is 5.32 Å². The smallest absolute Gasteiger partial charge is 0.0313 e. The third kappa shape index (κ3) is 3.88. The maximum Gasteiger partial charge on any atom is 0.0313 e. The predicted octanol–water partition coefficient (Wildman–Crippen LogP) is 2.39. The van der Waals surface area contributed by atoms with Gasteiger partial charge in [0, 0.05) is 18.9 Å². The zero-order valence-electron chi connectivity index (χ0n) is 9.59. The molecular formula is C12H20N2. The number of pyridine rings is 1. The lowest BCUT2D eigenvalue weighted by atomic mass is 9.88. The molecule has 1 N–H and O–H groups in total. The second-order valence-electron chi connectivity index (χ2n) is 4.97. The molecule has 0 fully saturated rings. The second kappa shape index (κ2) is 4.56. The van der Waals surface area contributed by atoms with E-state index in [4.69, 9.17) is 0 Å². The summed E-state index contributed by atoms with van der Waals surface area (Å²) in [6, 6.07) is 2.23. The highest BCUT2D eigenvalue weighted by Gasteiger charge is 2.11. The SMILES string of the molecule is CNCc1cncc(CC(C)(C)C)c1. The monoisotopic (exact) mass is 192 g/mol. The van der Waals surface area contributed by atoms with Crippen molar-refractivity contribution in [1.29, 1.82) is 0 Å². The molecule has 0 aliphatic heterocycles. The number of hydrogen-bond acceptors (Lipinski definition) is 2. The van der Waals surface area contributed by atoms with Crippen LogP contribution in [0.3, 0.4) is 0 Å². The van der Waals surface area contributed by atoms with Gasteiger partial charge in [-0.15, -0.1) is 0 Å². The van der Waals surface area contributed by atoms with Crippen LogP contribution in [0.15, 0.2) is 18.5 Å². The van der Waals surface area contributed by atoms with E-state index in [2.05, 4.69) is 37.1 Å².